The third kappa shape index (κ3) is 7.73. The Morgan fingerprint density at radius 2 is 1.83 bits per heavy atom. The number of alkyl halides is 3. The molecule has 12 heteroatoms. The second kappa shape index (κ2) is 14.1. The number of aliphatic hydroxyl groups is 1. The fourth-order valence-corrected chi connectivity index (χ4v) is 5.48. The van der Waals surface area contributed by atoms with E-state index in [4.69, 9.17) is 19.3 Å². The van der Waals surface area contributed by atoms with E-state index in [2.05, 4.69) is 13.2 Å². The Morgan fingerprint density at radius 3 is 2.43 bits per heavy atom. The Balaban J connectivity index is 1.56. The number of β-amino-alcohol motifs (C(OH)–C–C–N with tert-alkyl or cyclic N) is 1. The van der Waals surface area contributed by atoms with Gasteiger partial charge in [-0.1, -0.05) is 31.4 Å². The molecule has 3 aromatic rings. The number of nitriles is 1. The van der Waals surface area contributed by atoms with Crippen molar-refractivity contribution in [1.29, 1.82) is 5.26 Å². The largest absolute Gasteiger partial charge is 0.497 e. The molecule has 0 radical (unpaired) electrons. The van der Waals surface area contributed by atoms with Gasteiger partial charge in [0, 0.05) is 43.3 Å². The molecule has 2 aromatic carbocycles. The van der Waals surface area contributed by atoms with Crippen molar-refractivity contribution in [2.45, 2.75) is 43.7 Å². The van der Waals surface area contributed by atoms with E-state index in [0.717, 1.165) is 0 Å². The van der Waals surface area contributed by atoms with E-state index in [0.29, 0.717) is 46.8 Å². The van der Waals surface area contributed by atoms with Gasteiger partial charge in [0.2, 0.25) is 5.60 Å². The molecule has 1 aliphatic rings. The highest BCUT2D eigenvalue weighted by molar-refractivity contribution is 5.86. The van der Waals surface area contributed by atoms with Crippen LogP contribution in [0.1, 0.15) is 29.5 Å². The number of carboxylic acids is 1. The summed E-state index contributed by atoms with van der Waals surface area (Å²) in [5.41, 5.74) is -1.84. The molecule has 1 atom stereocenters. The van der Waals surface area contributed by atoms with Crippen LogP contribution in [0.15, 0.2) is 79.2 Å². The van der Waals surface area contributed by atoms with E-state index < -0.39 is 24.3 Å². The molecule has 0 bridgehead atoms. The summed E-state index contributed by atoms with van der Waals surface area (Å²) in [6.07, 6.45) is -0.251. The number of allylic oxidation sites excluding steroid dienone is 3. The van der Waals surface area contributed by atoms with Crippen LogP contribution in [0.3, 0.4) is 0 Å². The topological polar surface area (TPSA) is 117 Å². The molecule has 1 aliphatic heterocycles. The fourth-order valence-electron chi connectivity index (χ4n) is 5.48. The van der Waals surface area contributed by atoms with E-state index in [1.54, 1.807) is 39.8 Å². The van der Waals surface area contributed by atoms with Gasteiger partial charge in [0.15, 0.2) is 11.5 Å². The van der Waals surface area contributed by atoms with Gasteiger partial charge in [-0.05, 0) is 54.3 Å². The van der Waals surface area contributed by atoms with Crippen LogP contribution in [0, 0.1) is 11.3 Å². The molecule has 244 valence electrons. The number of halogens is 3. The van der Waals surface area contributed by atoms with E-state index in [9.17, 15) is 28.3 Å². The lowest BCUT2D eigenvalue weighted by Gasteiger charge is -2.39. The maximum Gasteiger partial charge on any atom is 0.422 e. The molecule has 46 heavy (non-hydrogen) atoms. The van der Waals surface area contributed by atoms with Gasteiger partial charge in [-0.2, -0.15) is 18.4 Å². The number of carbonyl (C=O) groups is 1. The van der Waals surface area contributed by atoms with Crippen LogP contribution in [0.4, 0.5) is 13.2 Å². The molecule has 2 heterocycles. The Hall–Kier alpha value is -4.73. The van der Waals surface area contributed by atoms with Crippen LogP contribution >= 0.6 is 0 Å². The second-order valence-electron chi connectivity index (χ2n) is 11.2. The van der Waals surface area contributed by atoms with E-state index in [1.807, 2.05) is 6.07 Å². The average Bonchev–Trinajstić information content (AvgIpc) is 3.38. The summed E-state index contributed by atoms with van der Waals surface area (Å²) in [5.74, 6) is 0.171. The standard InChI is InChI=1S/C34H36F3N3O6/c1-22(5-6-23(2)44-3)19-40-20-28(27-9-7-25(18-38)15-29(27)40)33(43,34(35,36)37)21-39-13-11-26(12-14-39)46-30-10-8-24(17-32(41)42)16-31(30)45-4/h5-10,15-16,20,26,43H,1-2,11-14,17,19,21H2,3-4H3,(H,41,42)/b6-5-. The normalized spacial score (nSPS) is 15.8. The summed E-state index contributed by atoms with van der Waals surface area (Å²) in [6, 6.07) is 11.2. The maximum atomic E-state index is 14.8. The highest BCUT2D eigenvalue weighted by Crippen LogP contribution is 2.44. The highest BCUT2D eigenvalue weighted by atomic mass is 19.4. The number of nitrogens with zero attached hydrogens (tertiary/aromatic N) is 3. The number of hydrogen-bond donors (Lipinski definition) is 2. The Morgan fingerprint density at radius 1 is 1.11 bits per heavy atom. The lowest BCUT2D eigenvalue weighted by atomic mass is 9.90. The number of rotatable bonds is 13. The van der Waals surface area contributed by atoms with Crippen molar-refractivity contribution >= 4 is 16.9 Å². The molecule has 1 saturated heterocycles. The molecule has 1 unspecified atom stereocenters. The quantitative estimate of drug-likeness (QED) is 0.180. The van der Waals surface area contributed by atoms with Gasteiger partial charge in [-0.15, -0.1) is 0 Å². The molecule has 9 nitrogen and oxygen atoms in total. The summed E-state index contributed by atoms with van der Waals surface area (Å²) in [6.45, 7) is 7.52. The monoisotopic (exact) mass is 639 g/mol. The lowest BCUT2D eigenvalue weighted by molar-refractivity contribution is -0.272. The Labute approximate surface area is 265 Å². The van der Waals surface area contributed by atoms with Crippen molar-refractivity contribution in [1.82, 2.24) is 9.47 Å². The van der Waals surface area contributed by atoms with Crippen LogP contribution in [-0.2, 0) is 28.1 Å². The van der Waals surface area contributed by atoms with Gasteiger partial charge in [0.25, 0.3) is 0 Å². The highest BCUT2D eigenvalue weighted by Gasteiger charge is 2.57. The Bertz CT molecular complexity index is 1680. The van der Waals surface area contributed by atoms with Crippen molar-refractivity contribution in [3.63, 3.8) is 0 Å². The van der Waals surface area contributed by atoms with E-state index in [-0.39, 0.29) is 48.7 Å². The predicted molar refractivity (Wildman–Crippen MR) is 165 cm³/mol. The first-order chi connectivity index (χ1) is 21.8. The minimum atomic E-state index is -5.02. The molecular formula is C34H36F3N3O6. The number of methoxy groups -OCH3 is 2. The average molecular weight is 640 g/mol. The molecule has 0 amide bonds. The molecular weight excluding hydrogens is 603 g/mol. The van der Waals surface area contributed by atoms with Crippen molar-refractivity contribution in [2.75, 3.05) is 33.9 Å². The first-order valence-electron chi connectivity index (χ1n) is 14.5. The SMILES string of the molecule is C=C(/C=C\C(=C)OC)Cn1cc(C(O)(CN2CCC(Oc3ccc(CC(=O)O)cc3OC)CC2)C(F)(F)F)c2ccc(C#N)cc21. The van der Waals surface area contributed by atoms with E-state index in [1.165, 1.54) is 38.6 Å². The van der Waals surface area contributed by atoms with Crippen LogP contribution in [-0.4, -0.2) is 71.8 Å². The molecule has 1 aromatic heterocycles. The minimum Gasteiger partial charge on any atom is -0.497 e. The van der Waals surface area contributed by atoms with Crippen molar-refractivity contribution in [3.8, 4) is 17.6 Å². The molecule has 0 aliphatic carbocycles. The first kappa shape index (κ1) is 34.1. The number of hydrogen-bond acceptors (Lipinski definition) is 7. The lowest BCUT2D eigenvalue weighted by Crippen LogP contribution is -2.53. The van der Waals surface area contributed by atoms with Crippen LogP contribution < -0.4 is 9.47 Å². The van der Waals surface area contributed by atoms with Crippen LogP contribution in [0.25, 0.3) is 10.9 Å². The second-order valence-corrected chi connectivity index (χ2v) is 11.2. The van der Waals surface area contributed by atoms with Gasteiger partial charge in [0.1, 0.15) is 11.9 Å². The zero-order valence-electron chi connectivity index (χ0n) is 25.6. The summed E-state index contributed by atoms with van der Waals surface area (Å²) in [7, 11) is 2.90. The number of benzene rings is 2. The number of likely N-dealkylation sites (tertiary alicyclic amines) is 1. The number of carboxylic acid groups (broad SMARTS) is 1. The van der Waals surface area contributed by atoms with Crippen LogP contribution in [0.2, 0.25) is 0 Å². The third-order valence-corrected chi connectivity index (χ3v) is 7.93. The number of ether oxygens (including phenoxy) is 3. The summed E-state index contributed by atoms with van der Waals surface area (Å²) < 4.78 is 62.5. The third-order valence-electron chi connectivity index (χ3n) is 7.93. The van der Waals surface area contributed by atoms with Crippen molar-refractivity contribution in [2.24, 2.45) is 0 Å². The van der Waals surface area contributed by atoms with Gasteiger partial charge in [0.05, 0.1) is 37.8 Å². The van der Waals surface area contributed by atoms with Crippen molar-refractivity contribution in [3.05, 3.63) is 95.9 Å². The Kier molecular flexibility index (Phi) is 10.5. The fraction of sp³-hybridized carbons (Fsp3) is 0.353. The maximum absolute atomic E-state index is 14.8. The van der Waals surface area contributed by atoms with Gasteiger partial charge < -0.3 is 29.0 Å². The molecule has 2 N–H and O–H groups in total. The summed E-state index contributed by atoms with van der Waals surface area (Å²) in [4.78, 5) is 12.6. The van der Waals surface area contributed by atoms with Gasteiger partial charge in [-0.25, -0.2) is 0 Å². The molecule has 0 saturated carbocycles. The van der Waals surface area contributed by atoms with Crippen LogP contribution in [0.5, 0.6) is 11.5 Å². The number of aliphatic carboxylic acids is 1. The molecule has 0 spiro atoms. The summed E-state index contributed by atoms with van der Waals surface area (Å²) in [5, 5.41) is 30.2. The van der Waals surface area contributed by atoms with E-state index >= 15 is 0 Å². The number of fused-ring (bicyclic) bond motifs is 1. The smallest absolute Gasteiger partial charge is 0.422 e. The number of aromatic nitrogens is 1. The van der Waals surface area contributed by atoms with Crippen molar-refractivity contribution < 1.29 is 42.4 Å². The zero-order chi connectivity index (χ0) is 33.6. The predicted octanol–water partition coefficient (Wildman–Crippen LogP) is 5.71. The van der Waals surface area contributed by atoms with Gasteiger partial charge in [-0.3, -0.25) is 9.69 Å². The van der Waals surface area contributed by atoms with Gasteiger partial charge >= 0.3 is 12.1 Å². The minimum absolute atomic E-state index is 0.0935. The number of piperidine rings is 1. The summed E-state index contributed by atoms with van der Waals surface area (Å²) >= 11 is 0. The molecule has 4 rings (SSSR count). The first-order valence-corrected chi connectivity index (χ1v) is 14.5. The molecule has 1 fully saturated rings. The zero-order valence-corrected chi connectivity index (χ0v) is 25.6.